The molecule has 0 unspecified atom stereocenters. The zero-order valence-corrected chi connectivity index (χ0v) is 18.8. The lowest BCUT2D eigenvalue weighted by Crippen LogP contribution is -2.43. The second kappa shape index (κ2) is 10.0. The number of amides is 1. The van der Waals surface area contributed by atoms with Crippen LogP contribution in [0.15, 0.2) is 53.9 Å². The lowest BCUT2D eigenvalue weighted by Gasteiger charge is -2.32. The van der Waals surface area contributed by atoms with Crippen LogP contribution in [0.25, 0.3) is 10.6 Å². The lowest BCUT2D eigenvalue weighted by molar-refractivity contribution is -0.115. The molecule has 8 heteroatoms. The van der Waals surface area contributed by atoms with E-state index in [1.54, 1.807) is 12.1 Å². The molecule has 32 heavy (non-hydrogen) atoms. The first-order valence-electron chi connectivity index (χ1n) is 10.5. The van der Waals surface area contributed by atoms with E-state index >= 15 is 0 Å². The number of hydrogen-bond donors (Lipinski definition) is 2. The van der Waals surface area contributed by atoms with Gasteiger partial charge in [0.1, 0.15) is 5.01 Å². The van der Waals surface area contributed by atoms with Gasteiger partial charge in [0.25, 0.3) is 0 Å². The molecule has 1 fully saturated rings. The Morgan fingerprint density at radius 1 is 1.09 bits per heavy atom. The molecule has 0 aliphatic carbocycles. The number of carboxylic acid groups (broad SMARTS) is 1. The van der Waals surface area contributed by atoms with Crippen LogP contribution in [0.5, 0.6) is 0 Å². The fraction of sp³-hybridized carbons (Fsp3) is 0.292. The number of aromatic nitrogens is 1. The summed E-state index contributed by atoms with van der Waals surface area (Å²) in [5.41, 5.74) is 3.61. The highest BCUT2D eigenvalue weighted by Crippen LogP contribution is 2.25. The molecule has 2 heterocycles. The van der Waals surface area contributed by atoms with Crippen molar-refractivity contribution >= 4 is 28.9 Å². The van der Waals surface area contributed by atoms with E-state index in [0.717, 1.165) is 43.3 Å². The molecule has 166 valence electrons. The zero-order chi connectivity index (χ0) is 22.5. The van der Waals surface area contributed by atoms with Gasteiger partial charge in [0.05, 0.1) is 17.7 Å². The number of carbonyl (C=O) groups is 2. The highest BCUT2D eigenvalue weighted by molar-refractivity contribution is 7.13. The number of piperazine rings is 1. The van der Waals surface area contributed by atoms with Crippen molar-refractivity contribution in [1.82, 2.24) is 14.8 Å². The summed E-state index contributed by atoms with van der Waals surface area (Å²) in [6, 6.07) is 14.6. The fourth-order valence-electron chi connectivity index (χ4n) is 3.69. The summed E-state index contributed by atoms with van der Waals surface area (Å²) in [7, 11) is 2.16. The van der Waals surface area contributed by atoms with Crippen LogP contribution >= 0.6 is 11.3 Å². The van der Waals surface area contributed by atoms with Crippen molar-refractivity contribution in [2.75, 3.05) is 38.5 Å². The van der Waals surface area contributed by atoms with Gasteiger partial charge in [-0.15, -0.1) is 11.3 Å². The Morgan fingerprint density at radius 2 is 1.88 bits per heavy atom. The van der Waals surface area contributed by atoms with Gasteiger partial charge >= 0.3 is 5.97 Å². The number of aromatic carboxylic acids is 1. The molecule has 3 aromatic rings. The first kappa shape index (κ1) is 22.1. The van der Waals surface area contributed by atoms with Gasteiger partial charge in [0, 0.05) is 49.4 Å². The Hall–Kier alpha value is -3.07. The van der Waals surface area contributed by atoms with Crippen LogP contribution in [-0.4, -0.2) is 65.0 Å². The third-order valence-electron chi connectivity index (χ3n) is 5.46. The molecule has 7 nitrogen and oxygen atoms in total. The summed E-state index contributed by atoms with van der Waals surface area (Å²) in [5, 5.41) is 14.6. The van der Waals surface area contributed by atoms with Crippen LogP contribution in [0, 0.1) is 0 Å². The SMILES string of the molecule is CN1CCN(Cc2cccc(-c3nc(CC(=O)Nc4cccc(C(=O)O)c4)cs3)c2)CC1. The van der Waals surface area contributed by atoms with Crippen LogP contribution in [0.2, 0.25) is 0 Å². The maximum atomic E-state index is 12.4. The quantitative estimate of drug-likeness (QED) is 0.574. The van der Waals surface area contributed by atoms with E-state index in [1.165, 1.54) is 29.0 Å². The average Bonchev–Trinajstić information content (AvgIpc) is 3.24. The summed E-state index contributed by atoms with van der Waals surface area (Å²) in [4.78, 5) is 33.0. The summed E-state index contributed by atoms with van der Waals surface area (Å²) in [5.74, 6) is -1.26. The maximum absolute atomic E-state index is 12.4. The minimum Gasteiger partial charge on any atom is -0.478 e. The first-order valence-corrected chi connectivity index (χ1v) is 11.4. The average molecular weight is 451 g/mol. The molecule has 1 saturated heterocycles. The molecular formula is C24H26N4O3S. The predicted molar refractivity (Wildman–Crippen MR) is 126 cm³/mol. The van der Waals surface area contributed by atoms with Crippen LogP contribution in [0.3, 0.4) is 0 Å². The molecule has 1 amide bonds. The van der Waals surface area contributed by atoms with E-state index in [9.17, 15) is 9.59 Å². The van der Waals surface area contributed by atoms with E-state index < -0.39 is 5.97 Å². The van der Waals surface area contributed by atoms with Crippen molar-refractivity contribution in [2.24, 2.45) is 0 Å². The molecule has 4 rings (SSSR count). The van der Waals surface area contributed by atoms with E-state index in [0.29, 0.717) is 11.4 Å². The molecule has 0 atom stereocenters. The zero-order valence-electron chi connectivity index (χ0n) is 18.0. The largest absolute Gasteiger partial charge is 0.478 e. The normalized spacial score (nSPS) is 14.9. The van der Waals surface area contributed by atoms with Gasteiger partial charge in [-0.3, -0.25) is 9.69 Å². The van der Waals surface area contributed by atoms with Crippen LogP contribution < -0.4 is 5.32 Å². The molecule has 0 saturated carbocycles. The van der Waals surface area contributed by atoms with Gasteiger partial charge in [0.15, 0.2) is 0 Å². The number of carboxylic acids is 1. The standard InChI is InChI=1S/C24H26N4O3S/c1-27-8-10-28(11-9-27)15-17-4-2-5-18(12-17)23-26-21(16-32-23)14-22(29)25-20-7-3-6-19(13-20)24(30)31/h2-7,12-13,16H,8-11,14-15H2,1H3,(H,25,29)(H,30,31). The lowest BCUT2D eigenvalue weighted by atomic mass is 10.1. The Bertz CT molecular complexity index is 1110. The monoisotopic (exact) mass is 450 g/mol. The molecule has 0 radical (unpaired) electrons. The predicted octanol–water partition coefficient (Wildman–Crippen LogP) is 3.44. The van der Waals surface area contributed by atoms with E-state index in [-0.39, 0.29) is 17.9 Å². The number of likely N-dealkylation sites (N-methyl/N-ethyl adjacent to an activating group) is 1. The molecule has 2 N–H and O–H groups in total. The first-order chi connectivity index (χ1) is 15.5. The van der Waals surface area contributed by atoms with Gasteiger partial charge in [-0.2, -0.15) is 0 Å². The number of benzene rings is 2. The Labute approximate surface area is 191 Å². The van der Waals surface area contributed by atoms with E-state index in [2.05, 4.69) is 45.3 Å². The second-order valence-electron chi connectivity index (χ2n) is 8.03. The fourth-order valence-corrected chi connectivity index (χ4v) is 4.50. The Morgan fingerprint density at radius 3 is 2.66 bits per heavy atom. The van der Waals surface area contributed by atoms with Crippen molar-refractivity contribution in [3.8, 4) is 10.6 Å². The third kappa shape index (κ3) is 5.79. The minimum absolute atomic E-state index is 0.134. The minimum atomic E-state index is -1.03. The molecule has 0 spiro atoms. The number of rotatable bonds is 7. The summed E-state index contributed by atoms with van der Waals surface area (Å²) >= 11 is 1.52. The van der Waals surface area contributed by atoms with Crippen LogP contribution in [-0.2, 0) is 17.8 Å². The van der Waals surface area contributed by atoms with Crippen molar-refractivity contribution < 1.29 is 14.7 Å². The smallest absolute Gasteiger partial charge is 0.335 e. The second-order valence-corrected chi connectivity index (χ2v) is 8.89. The van der Waals surface area contributed by atoms with Crippen LogP contribution in [0.1, 0.15) is 21.6 Å². The molecule has 1 aromatic heterocycles. The number of carbonyl (C=O) groups excluding carboxylic acids is 1. The van der Waals surface area contributed by atoms with E-state index in [1.807, 2.05) is 11.4 Å². The number of hydrogen-bond acceptors (Lipinski definition) is 6. The number of thiazole rings is 1. The molecule has 0 bridgehead atoms. The van der Waals surface area contributed by atoms with Gasteiger partial charge in [-0.1, -0.05) is 24.3 Å². The van der Waals surface area contributed by atoms with Crippen molar-refractivity contribution in [2.45, 2.75) is 13.0 Å². The van der Waals surface area contributed by atoms with Gasteiger partial charge < -0.3 is 15.3 Å². The Kier molecular flexibility index (Phi) is 6.94. The van der Waals surface area contributed by atoms with Crippen molar-refractivity contribution in [1.29, 1.82) is 0 Å². The topological polar surface area (TPSA) is 85.8 Å². The van der Waals surface area contributed by atoms with Gasteiger partial charge in [0.2, 0.25) is 5.91 Å². The summed E-state index contributed by atoms with van der Waals surface area (Å²) < 4.78 is 0. The molecular weight excluding hydrogens is 424 g/mol. The highest BCUT2D eigenvalue weighted by atomic mass is 32.1. The van der Waals surface area contributed by atoms with Gasteiger partial charge in [-0.05, 0) is 36.9 Å². The third-order valence-corrected chi connectivity index (χ3v) is 6.40. The number of nitrogens with zero attached hydrogens (tertiary/aromatic N) is 3. The van der Waals surface area contributed by atoms with E-state index in [4.69, 9.17) is 5.11 Å². The summed E-state index contributed by atoms with van der Waals surface area (Å²) in [6.45, 7) is 5.27. The van der Waals surface area contributed by atoms with Crippen LogP contribution in [0.4, 0.5) is 5.69 Å². The number of anilines is 1. The van der Waals surface area contributed by atoms with Crippen molar-refractivity contribution in [3.05, 3.63) is 70.7 Å². The van der Waals surface area contributed by atoms with Gasteiger partial charge in [-0.25, -0.2) is 9.78 Å². The maximum Gasteiger partial charge on any atom is 0.335 e. The molecule has 1 aliphatic heterocycles. The molecule has 1 aliphatic rings. The molecule has 2 aromatic carbocycles. The van der Waals surface area contributed by atoms with Crippen molar-refractivity contribution in [3.63, 3.8) is 0 Å². The Balaban J connectivity index is 1.37. The summed E-state index contributed by atoms with van der Waals surface area (Å²) in [6.07, 6.45) is 0.134. The highest BCUT2D eigenvalue weighted by Gasteiger charge is 2.15. The number of nitrogens with one attached hydrogen (secondary N) is 1.